The van der Waals surface area contributed by atoms with E-state index in [0.717, 1.165) is 24.0 Å². The highest BCUT2D eigenvalue weighted by atomic mass is 35.5. The van der Waals surface area contributed by atoms with E-state index in [1.165, 1.54) is 0 Å². The molecule has 1 atom stereocenters. The fraction of sp³-hybridized carbons (Fsp3) is 0.455. The van der Waals surface area contributed by atoms with Gasteiger partial charge in [-0.05, 0) is 30.9 Å². The van der Waals surface area contributed by atoms with Crippen LogP contribution in [0.4, 0.5) is 0 Å². The zero-order valence-electron chi connectivity index (χ0n) is 7.83. The van der Waals surface area contributed by atoms with Crippen LogP contribution in [0.15, 0.2) is 24.3 Å². The van der Waals surface area contributed by atoms with E-state index in [-0.39, 0.29) is 6.10 Å². The van der Waals surface area contributed by atoms with E-state index in [2.05, 4.69) is 0 Å². The van der Waals surface area contributed by atoms with Gasteiger partial charge >= 0.3 is 0 Å². The number of alkyl halides is 1. The molecule has 0 fully saturated rings. The Morgan fingerprint density at radius 3 is 2.69 bits per heavy atom. The molecule has 0 radical (unpaired) electrons. The number of hydrogen-bond donors (Lipinski definition) is 1. The molecule has 1 N–H and O–H groups in total. The van der Waals surface area contributed by atoms with Gasteiger partial charge in [0.15, 0.2) is 0 Å². The third kappa shape index (κ3) is 3.02. The van der Waals surface area contributed by atoms with Gasteiger partial charge in [0.2, 0.25) is 0 Å². The summed E-state index contributed by atoms with van der Waals surface area (Å²) in [5, 5.41) is 9.77. The SMILES string of the molecule is Cc1ccccc1C(O)CCCCl. The van der Waals surface area contributed by atoms with Crippen LogP contribution in [0.5, 0.6) is 0 Å². The maximum Gasteiger partial charge on any atom is 0.0793 e. The minimum atomic E-state index is -0.361. The van der Waals surface area contributed by atoms with Crippen LogP contribution in [-0.2, 0) is 0 Å². The summed E-state index contributed by atoms with van der Waals surface area (Å²) in [6, 6.07) is 7.91. The smallest absolute Gasteiger partial charge is 0.0793 e. The molecule has 0 aliphatic heterocycles. The topological polar surface area (TPSA) is 20.2 Å². The Morgan fingerprint density at radius 2 is 2.08 bits per heavy atom. The van der Waals surface area contributed by atoms with Crippen molar-refractivity contribution >= 4 is 11.6 Å². The van der Waals surface area contributed by atoms with Crippen LogP contribution in [0.25, 0.3) is 0 Å². The molecule has 2 heteroatoms. The van der Waals surface area contributed by atoms with E-state index in [9.17, 15) is 5.11 Å². The van der Waals surface area contributed by atoms with Crippen LogP contribution in [-0.4, -0.2) is 11.0 Å². The molecule has 0 heterocycles. The molecule has 0 amide bonds. The number of hydrogen-bond acceptors (Lipinski definition) is 1. The van der Waals surface area contributed by atoms with Crippen molar-refractivity contribution in [1.29, 1.82) is 0 Å². The quantitative estimate of drug-likeness (QED) is 0.738. The highest BCUT2D eigenvalue weighted by molar-refractivity contribution is 6.17. The zero-order chi connectivity index (χ0) is 9.68. The Labute approximate surface area is 84.4 Å². The van der Waals surface area contributed by atoms with Gasteiger partial charge in [0.1, 0.15) is 0 Å². The minimum absolute atomic E-state index is 0.361. The Bertz CT molecular complexity index is 260. The summed E-state index contributed by atoms with van der Waals surface area (Å²) in [7, 11) is 0. The largest absolute Gasteiger partial charge is 0.388 e. The molecule has 1 rings (SSSR count). The molecular weight excluding hydrogens is 184 g/mol. The van der Waals surface area contributed by atoms with Gasteiger partial charge in [0, 0.05) is 5.88 Å². The first-order valence-corrected chi connectivity index (χ1v) is 5.08. The molecule has 0 aliphatic carbocycles. The zero-order valence-corrected chi connectivity index (χ0v) is 8.59. The van der Waals surface area contributed by atoms with Crippen LogP contribution in [0.2, 0.25) is 0 Å². The lowest BCUT2D eigenvalue weighted by Gasteiger charge is -2.12. The number of aliphatic hydroxyl groups excluding tert-OH is 1. The van der Waals surface area contributed by atoms with Gasteiger partial charge in [-0.1, -0.05) is 24.3 Å². The van der Waals surface area contributed by atoms with Gasteiger partial charge < -0.3 is 5.11 Å². The normalized spacial score (nSPS) is 12.8. The predicted octanol–water partition coefficient (Wildman–Crippen LogP) is 3.05. The first-order chi connectivity index (χ1) is 6.25. The number of aryl methyl sites for hydroxylation is 1. The number of rotatable bonds is 4. The molecule has 0 bridgehead atoms. The van der Waals surface area contributed by atoms with E-state index >= 15 is 0 Å². The van der Waals surface area contributed by atoms with Crippen LogP contribution in [0, 0.1) is 6.92 Å². The monoisotopic (exact) mass is 198 g/mol. The summed E-state index contributed by atoms with van der Waals surface area (Å²) >= 11 is 5.56. The molecule has 0 spiro atoms. The molecule has 0 saturated carbocycles. The van der Waals surface area contributed by atoms with E-state index in [1.54, 1.807) is 0 Å². The summed E-state index contributed by atoms with van der Waals surface area (Å²) in [6.45, 7) is 2.01. The van der Waals surface area contributed by atoms with Crippen molar-refractivity contribution in [2.24, 2.45) is 0 Å². The van der Waals surface area contributed by atoms with Gasteiger partial charge in [0.25, 0.3) is 0 Å². The maximum absolute atomic E-state index is 9.77. The van der Waals surface area contributed by atoms with Crippen molar-refractivity contribution in [3.8, 4) is 0 Å². The molecule has 13 heavy (non-hydrogen) atoms. The second-order valence-electron chi connectivity index (χ2n) is 3.20. The Kier molecular flexibility index (Phi) is 4.26. The fourth-order valence-electron chi connectivity index (χ4n) is 1.39. The van der Waals surface area contributed by atoms with E-state index in [4.69, 9.17) is 11.6 Å². The summed E-state index contributed by atoms with van der Waals surface area (Å²) in [4.78, 5) is 0. The Balaban J connectivity index is 2.65. The molecular formula is C11H15ClO. The van der Waals surface area contributed by atoms with Crippen LogP contribution in [0.3, 0.4) is 0 Å². The highest BCUT2D eigenvalue weighted by Crippen LogP contribution is 2.21. The number of benzene rings is 1. The second kappa shape index (κ2) is 5.25. The van der Waals surface area contributed by atoms with Crippen molar-refractivity contribution in [1.82, 2.24) is 0 Å². The lowest BCUT2D eigenvalue weighted by atomic mass is 10.0. The van der Waals surface area contributed by atoms with Gasteiger partial charge in [-0.15, -0.1) is 11.6 Å². The van der Waals surface area contributed by atoms with Gasteiger partial charge in [-0.3, -0.25) is 0 Å². The van der Waals surface area contributed by atoms with Crippen molar-refractivity contribution in [2.45, 2.75) is 25.9 Å². The lowest BCUT2D eigenvalue weighted by molar-refractivity contribution is 0.166. The summed E-state index contributed by atoms with van der Waals surface area (Å²) < 4.78 is 0. The van der Waals surface area contributed by atoms with E-state index in [0.29, 0.717) is 5.88 Å². The van der Waals surface area contributed by atoms with Crippen LogP contribution < -0.4 is 0 Å². The minimum Gasteiger partial charge on any atom is -0.388 e. The molecule has 0 aromatic heterocycles. The lowest BCUT2D eigenvalue weighted by Crippen LogP contribution is -1.99. The first-order valence-electron chi connectivity index (χ1n) is 4.55. The van der Waals surface area contributed by atoms with Crippen LogP contribution >= 0.6 is 11.6 Å². The van der Waals surface area contributed by atoms with Gasteiger partial charge in [-0.25, -0.2) is 0 Å². The maximum atomic E-state index is 9.77. The standard InChI is InChI=1S/C11H15ClO/c1-9-5-2-3-6-10(9)11(13)7-4-8-12/h2-3,5-6,11,13H,4,7-8H2,1H3. The average Bonchev–Trinajstić information content (AvgIpc) is 2.15. The summed E-state index contributed by atoms with van der Waals surface area (Å²) in [6.07, 6.45) is 1.24. The average molecular weight is 199 g/mol. The third-order valence-corrected chi connectivity index (χ3v) is 2.43. The molecule has 1 nitrogen and oxygen atoms in total. The number of halogens is 1. The summed E-state index contributed by atoms with van der Waals surface area (Å²) in [5.74, 6) is 0.614. The third-order valence-electron chi connectivity index (χ3n) is 2.16. The molecule has 0 saturated heterocycles. The molecule has 1 aromatic carbocycles. The van der Waals surface area contributed by atoms with E-state index < -0.39 is 0 Å². The predicted molar refractivity (Wildman–Crippen MR) is 56.1 cm³/mol. The van der Waals surface area contributed by atoms with Gasteiger partial charge in [-0.2, -0.15) is 0 Å². The van der Waals surface area contributed by atoms with Crippen molar-refractivity contribution in [2.75, 3.05) is 5.88 Å². The molecule has 0 aliphatic rings. The van der Waals surface area contributed by atoms with E-state index in [1.807, 2.05) is 31.2 Å². The molecule has 1 aromatic rings. The van der Waals surface area contributed by atoms with Crippen LogP contribution in [0.1, 0.15) is 30.1 Å². The highest BCUT2D eigenvalue weighted by Gasteiger charge is 2.08. The fourth-order valence-corrected chi connectivity index (χ4v) is 1.54. The Hall–Kier alpha value is -0.530. The van der Waals surface area contributed by atoms with Gasteiger partial charge in [0.05, 0.1) is 6.10 Å². The van der Waals surface area contributed by atoms with Crippen molar-refractivity contribution < 1.29 is 5.11 Å². The molecule has 72 valence electrons. The Morgan fingerprint density at radius 1 is 1.38 bits per heavy atom. The summed E-state index contributed by atoms with van der Waals surface area (Å²) in [5.41, 5.74) is 2.16. The number of aliphatic hydroxyl groups is 1. The first kappa shape index (κ1) is 10.6. The van der Waals surface area contributed by atoms with Crippen molar-refractivity contribution in [3.63, 3.8) is 0 Å². The van der Waals surface area contributed by atoms with Crippen molar-refractivity contribution in [3.05, 3.63) is 35.4 Å². The second-order valence-corrected chi connectivity index (χ2v) is 3.58. The molecule has 1 unspecified atom stereocenters.